The first-order valence-corrected chi connectivity index (χ1v) is 5.05. The topological polar surface area (TPSA) is 70.6 Å². The maximum atomic E-state index is 9.09. The molecule has 0 saturated heterocycles. The first-order valence-electron chi connectivity index (χ1n) is 4.65. The molecule has 0 unspecified atom stereocenters. The Labute approximate surface area is 99.5 Å². The minimum Gasteiger partial charge on any atom is -0.508 e. The second-order valence-corrected chi connectivity index (χ2v) is 3.59. The van der Waals surface area contributed by atoms with Crippen LogP contribution in [0.1, 0.15) is 12.5 Å². The third kappa shape index (κ3) is 4.56. The van der Waals surface area contributed by atoms with Crippen molar-refractivity contribution in [3.63, 3.8) is 0 Å². The summed E-state index contributed by atoms with van der Waals surface area (Å²) >= 11 is 4.61. The molecule has 1 aromatic rings. The maximum absolute atomic E-state index is 9.09. The van der Waals surface area contributed by atoms with Crippen molar-refractivity contribution in [2.45, 2.75) is 6.92 Å². The number of phenolic OH excluding ortho intramolecular Hbond substituents is 1. The quantitative estimate of drug-likeness (QED) is 0.423. The molecule has 0 saturated carbocycles. The Bertz CT molecular complexity index is 423. The predicted molar refractivity (Wildman–Crippen MR) is 70.2 cm³/mol. The zero-order chi connectivity index (χ0) is 12.0. The third-order valence-electron chi connectivity index (χ3n) is 1.75. The van der Waals surface area contributed by atoms with E-state index in [0.29, 0.717) is 0 Å². The van der Waals surface area contributed by atoms with Crippen molar-refractivity contribution in [1.82, 2.24) is 5.43 Å². The van der Waals surface area contributed by atoms with Gasteiger partial charge in [-0.25, -0.2) is 0 Å². The SMILES string of the molecule is CC(/C=C\c1ccc(O)cc1)=N/NC(N)=S. The number of hydrogen-bond acceptors (Lipinski definition) is 3. The average Bonchev–Trinajstić information content (AvgIpc) is 2.25. The van der Waals surface area contributed by atoms with Crippen LogP contribution in [-0.4, -0.2) is 15.9 Å². The van der Waals surface area contributed by atoms with E-state index >= 15 is 0 Å². The fourth-order valence-corrected chi connectivity index (χ4v) is 1.03. The summed E-state index contributed by atoms with van der Waals surface area (Å²) in [6.07, 6.45) is 3.69. The number of nitrogens with one attached hydrogen (secondary N) is 1. The van der Waals surface area contributed by atoms with Crippen molar-refractivity contribution in [2.24, 2.45) is 10.8 Å². The fraction of sp³-hybridized carbons (Fsp3) is 0.0909. The molecule has 0 heterocycles. The lowest BCUT2D eigenvalue weighted by Gasteiger charge is -1.96. The Balaban J connectivity index is 2.62. The molecule has 0 amide bonds. The van der Waals surface area contributed by atoms with Gasteiger partial charge < -0.3 is 10.8 Å². The number of thiocarbonyl (C=S) groups is 1. The fourth-order valence-electron chi connectivity index (χ4n) is 0.983. The molecule has 0 fully saturated rings. The number of allylic oxidation sites excluding steroid dienone is 1. The molecule has 4 nitrogen and oxygen atoms in total. The minimum atomic E-state index is 0.136. The van der Waals surface area contributed by atoms with Crippen LogP contribution < -0.4 is 11.2 Å². The lowest BCUT2D eigenvalue weighted by atomic mass is 10.2. The Kier molecular flexibility index (Phi) is 4.47. The lowest BCUT2D eigenvalue weighted by molar-refractivity contribution is 0.475. The van der Waals surface area contributed by atoms with Crippen molar-refractivity contribution in [3.8, 4) is 5.75 Å². The van der Waals surface area contributed by atoms with E-state index < -0.39 is 0 Å². The molecule has 4 N–H and O–H groups in total. The Morgan fingerprint density at radius 3 is 2.62 bits per heavy atom. The van der Waals surface area contributed by atoms with Crippen molar-refractivity contribution in [2.75, 3.05) is 0 Å². The summed E-state index contributed by atoms with van der Waals surface area (Å²) in [6, 6.07) is 6.86. The van der Waals surface area contributed by atoms with Crippen LogP contribution >= 0.6 is 12.2 Å². The zero-order valence-electron chi connectivity index (χ0n) is 8.84. The highest BCUT2D eigenvalue weighted by molar-refractivity contribution is 7.80. The van der Waals surface area contributed by atoms with Gasteiger partial charge in [-0.05, 0) is 42.9 Å². The summed E-state index contributed by atoms with van der Waals surface area (Å²) in [7, 11) is 0. The largest absolute Gasteiger partial charge is 0.508 e. The van der Waals surface area contributed by atoms with E-state index in [9.17, 15) is 0 Å². The number of hydrazone groups is 1. The second kappa shape index (κ2) is 5.87. The number of nitrogens with zero attached hydrogens (tertiary/aromatic N) is 1. The van der Waals surface area contributed by atoms with Crippen LogP contribution in [0.15, 0.2) is 35.4 Å². The van der Waals surface area contributed by atoms with E-state index in [1.54, 1.807) is 24.3 Å². The van der Waals surface area contributed by atoms with Gasteiger partial charge in [-0.1, -0.05) is 18.2 Å². The number of aromatic hydroxyl groups is 1. The number of hydrogen-bond donors (Lipinski definition) is 3. The number of benzene rings is 1. The van der Waals surface area contributed by atoms with Gasteiger partial charge >= 0.3 is 0 Å². The summed E-state index contributed by atoms with van der Waals surface area (Å²) in [6.45, 7) is 1.82. The number of rotatable bonds is 3. The molecule has 1 aromatic carbocycles. The second-order valence-electron chi connectivity index (χ2n) is 3.15. The van der Waals surface area contributed by atoms with E-state index in [-0.39, 0.29) is 10.9 Å². The monoisotopic (exact) mass is 235 g/mol. The van der Waals surface area contributed by atoms with Crippen LogP contribution in [0, 0.1) is 0 Å². The summed E-state index contributed by atoms with van der Waals surface area (Å²) in [4.78, 5) is 0. The molecule has 0 radical (unpaired) electrons. The molecule has 84 valence electrons. The molecule has 5 heteroatoms. The molecule has 0 bridgehead atoms. The summed E-state index contributed by atoms with van der Waals surface area (Å²) in [5, 5.41) is 13.2. The molecule has 0 spiro atoms. The van der Waals surface area contributed by atoms with Gasteiger partial charge in [-0.3, -0.25) is 5.43 Å². The van der Waals surface area contributed by atoms with E-state index in [0.717, 1.165) is 11.3 Å². The molecule has 1 rings (SSSR count). The molecule has 0 atom stereocenters. The zero-order valence-corrected chi connectivity index (χ0v) is 9.66. The highest BCUT2D eigenvalue weighted by Gasteiger charge is 1.89. The summed E-state index contributed by atoms with van der Waals surface area (Å²) in [5.41, 5.74) is 9.45. The van der Waals surface area contributed by atoms with Crippen LogP contribution in [0.2, 0.25) is 0 Å². The van der Waals surface area contributed by atoms with Gasteiger partial charge in [0.2, 0.25) is 0 Å². The first kappa shape index (κ1) is 12.2. The summed E-state index contributed by atoms with van der Waals surface area (Å²) < 4.78 is 0. The normalized spacial score (nSPS) is 11.7. The van der Waals surface area contributed by atoms with Crippen LogP contribution in [-0.2, 0) is 0 Å². The number of nitrogens with two attached hydrogens (primary N) is 1. The summed E-state index contributed by atoms with van der Waals surface area (Å²) in [5.74, 6) is 0.248. The van der Waals surface area contributed by atoms with E-state index in [1.807, 2.05) is 19.1 Å². The van der Waals surface area contributed by atoms with Crippen molar-refractivity contribution >= 4 is 29.1 Å². The van der Waals surface area contributed by atoms with E-state index in [2.05, 4.69) is 22.7 Å². The Hall–Kier alpha value is -1.88. The van der Waals surface area contributed by atoms with Crippen molar-refractivity contribution < 1.29 is 5.11 Å². The minimum absolute atomic E-state index is 0.136. The number of phenols is 1. The van der Waals surface area contributed by atoms with E-state index in [1.165, 1.54) is 0 Å². The van der Waals surface area contributed by atoms with Gasteiger partial charge in [0.25, 0.3) is 0 Å². The predicted octanol–water partition coefficient (Wildman–Crippen LogP) is 1.61. The van der Waals surface area contributed by atoms with Gasteiger partial charge in [-0.15, -0.1) is 0 Å². The molecule has 0 aliphatic rings. The maximum Gasteiger partial charge on any atom is 0.184 e. The average molecular weight is 235 g/mol. The van der Waals surface area contributed by atoms with Gasteiger partial charge in [0, 0.05) is 0 Å². The van der Waals surface area contributed by atoms with Crippen molar-refractivity contribution in [1.29, 1.82) is 0 Å². The van der Waals surface area contributed by atoms with E-state index in [4.69, 9.17) is 10.8 Å². The molecule has 16 heavy (non-hydrogen) atoms. The van der Waals surface area contributed by atoms with Gasteiger partial charge in [0.05, 0.1) is 5.71 Å². The van der Waals surface area contributed by atoms with Crippen LogP contribution in [0.25, 0.3) is 6.08 Å². The Morgan fingerprint density at radius 1 is 1.44 bits per heavy atom. The molecular formula is C11H13N3OS. The molecule has 0 aliphatic heterocycles. The van der Waals surface area contributed by atoms with Gasteiger partial charge in [0.1, 0.15) is 5.75 Å². The third-order valence-corrected chi connectivity index (χ3v) is 1.84. The van der Waals surface area contributed by atoms with Gasteiger partial charge in [-0.2, -0.15) is 5.10 Å². The highest BCUT2D eigenvalue weighted by atomic mass is 32.1. The Morgan fingerprint density at radius 2 is 2.06 bits per heavy atom. The van der Waals surface area contributed by atoms with Crippen LogP contribution in [0.3, 0.4) is 0 Å². The molecule has 0 aromatic heterocycles. The van der Waals surface area contributed by atoms with Crippen LogP contribution in [0.5, 0.6) is 5.75 Å². The van der Waals surface area contributed by atoms with Crippen LogP contribution in [0.4, 0.5) is 0 Å². The smallest absolute Gasteiger partial charge is 0.184 e. The standard InChI is InChI=1S/C11H13N3OS/c1-8(13-14-11(12)16)2-3-9-4-6-10(15)7-5-9/h2-7,15H,1H3,(H3,12,14,16)/b3-2-,13-8-. The molecule has 0 aliphatic carbocycles. The highest BCUT2D eigenvalue weighted by Crippen LogP contribution is 2.10. The van der Waals surface area contributed by atoms with Gasteiger partial charge in [0.15, 0.2) is 5.11 Å². The first-order chi connectivity index (χ1) is 7.58. The lowest BCUT2D eigenvalue weighted by Crippen LogP contribution is -2.24. The molecular weight excluding hydrogens is 222 g/mol. The van der Waals surface area contributed by atoms with Crippen molar-refractivity contribution in [3.05, 3.63) is 35.9 Å².